The number of aryl methyl sites for hydroxylation is 1. The average molecular weight is 913 g/mol. The van der Waals surface area contributed by atoms with Crippen LogP contribution in [0.1, 0.15) is 65.1 Å². The predicted molar refractivity (Wildman–Crippen MR) is 299 cm³/mol. The Morgan fingerprint density at radius 1 is 0.486 bits per heavy atom. The molecule has 12 aromatic rings. The number of amidine groups is 1. The Kier molecular flexibility index (Phi) is 9.74. The molecule has 11 aromatic carbocycles. The van der Waals surface area contributed by atoms with Crippen LogP contribution < -0.4 is 0 Å². The maximum Gasteiger partial charge on any atom is 0.155 e. The molecular weight excluding hydrogens is 865 g/mol. The van der Waals surface area contributed by atoms with Crippen molar-refractivity contribution < 1.29 is 0 Å². The lowest BCUT2D eigenvalue weighted by Crippen LogP contribution is -2.28. The van der Waals surface area contributed by atoms with Gasteiger partial charge in [-0.05, 0) is 125 Å². The maximum atomic E-state index is 5.74. The maximum absolute atomic E-state index is 5.74. The highest BCUT2D eigenvalue weighted by atomic mass is 32.1. The van der Waals surface area contributed by atoms with Crippen molar-refractivity contribution in [3.63, 3.8) is 0 Å². The summed E-state index contributed by atoms with van der Waals surface area (Å²) >= 11 is 1.95. The van der Waals surface area contributed by atoms with Crippen molar-refractivity contribution in [3.8, 4) is 22.3 Å². The van der Waals surface area contributed by atoms with Crippen molar-refractivity contribution in [2.24, 2.45) is 15.9 Å². The first kappa shape index (κ1) is 41.0. The van der Waals surface area contributed by atoms with E-state index in [2.05, 4.69) is 225 Å². The molecule has 0 N–H and O–H groups in total. The van der Waals surface area contributed by atoms with Gasteiger partial charge in [0.25, 0.3) is 0 Å². The van der Waals surface area contributed by atoms with Gasteiger partial charge in [0.15, 0.2) is 5.84 Å². The first-order valence-electron chi connectivity index (χ1n) is 24.9. The van der Waals surface area contributed by atoms with Crippen LogP contribution in [-0.2, 0) is 6.42 Å². The smallest absolute Gasteiger partial charge is 0.155 e. The molecule has 0 fully saturated rings. The lowest BCUT2D eigenvalue weighted by atomic mass is 9.79. The molecule has 0 bridgehead atoms. The fourth-order valence-electron chi connectivity index (χ4n) is 12.1. The summed E-state index contributed by atoms with van der Waals surface area (Å²) in [7, 11) is 0. The van der Waals surface area contributed by atoms with Crippen LogP contribution in [0.4, 0.5) is 0 Å². The minimum absolute atomic E-state index is 0.0477. The molecule has 0 saturated heterocycles. The number of fused-ring (bicyclic) bond motifs is 12. The highest BCUT2D eigenvalue weighted by Gasteiger charge is 2.35. The summed E-state index contributed by atoms with van der Waals surface area (Å²) in [5.74, 6) is 1.03. The Hall–Kier alpha value is -7.98. The van der Waals surface area contributed by atoms with Crippen LogP contribution in [0.2, 0.25) is 0 Å². The molecule has 2 heterocycles. The van der Waals surface area contributed by atoms with Gasteiger partial charge in [0, 0.05) is 43.1 Å². The third kappa shape index (κ3) is 6.67. The summed E-state index contributed by atoms with van der Waals surface area (Å²) in [6, 6.07) is 81.2. The molecule has 1 aromatic heterocycles. The molecule has 0 amide bonds. The summed E-state index contributed by atoms with van der Waals surface area (Å²) in [6.07, 6.45) is 2.91. The molecule has 0 saturated carbocycles. The molecule has 3 heteroatoms. The molecule has 3 atom stereocenters. The van der Waals surface area contributed by atoms with Crippen molar-refractivity contribution in [1.82, 2.24) is 0 Å². The van der Waals surface area contributed by atoms with Gasteiger partial charge in [0.2, 0.25) is 0 Å². The van der Waals surface area contributed by atoms with E-state index in [0.717, 1.165) is 36.4 Å². The van der Waals surface area contributed by atoms with Gasteiger partial charge < -0.3 is 0 Å². The van der Waals surface area contributed by atoms with Crippen molar-refractivity contribution >= 4 is 86.1 Å². The molecule has 3 unspecified atom stereocenters. The predicted octanol–water partition coefficient (Wildman–Crippen LogP) is 18.1. The fourth-order valence-corrected chi connectivity index (χ4v) is 13.4. The monoisotopic (exact) mass is 912 g/mol. The Labute approximate surface area is 412 Å². The van der Waals surface area contributed by atoms with Crippen LogP contribution in [0.25, 0.3) is 85.5 Å². The number of nitrogens with zero attached hydrogens (tertiary/aromatic N) is 2. The van der Waals surface area contributed by atoms with E-state index in [1.165, 1.54) is 113 Å². The second-order valence-corrected chi connectivity index (χ2v) is 20.4. The Bertz CT molecular complexity index is 4120. The lowest BCUT2D eigenvalue weighted by Gasteiger charge is -2.31. The first-order valence-corrected chi connectivity index (χ1v) is 25.7. The minimum atomic E-state index is -0.132. The van der Waals surface area contributed by atoms with E-state index in [1.54, 1.807) is 0 Å². The molecule has 1 aliphatic carbocycles. The molecule has 0 radical (unpaired) electrons. The SMILES string of the molecule is CCC1C(c2ccc(C3CCc4cc5ccccc5cc4-c4c3ccc3ccccc43)c3sc4ccccc4c23)=NC(c2ccc(-c3ccccc3)cc2)=NC1c1ccc2c(ccc3ccccc32)c1. The van der Waals surface area contributed by atoms with E-state index < -0.39 is 0 Å². The molecule has 2 nitrogen and oxygen atoms in total. The van der Waals surface area contributed by atoms with Gasteiger partial charge in [-0.1, -0.05) is 207 Å². The average Bonchev–Trinajstić information content (AvgIpc) is 3.74. The van der Waals surface area contributed by atoms with Crippen LogP contribution in [0.3, 0.4) is 0 Å². The molecule has 14 rings (SSSR count). The van der Waals surface area contributed by atoms with Crippen molar-refractivity contribution in [1.29, 1.82) is 0 Å². The summed E-state index contributed by atoms with van der Waals surface area (Å²) in [6.45, 7) is 2.32. The van der Waals surface area contributed by atoms with Crippen molar-refractivity contribution in [2.75, 3.05) is 0 Å². The zero-order valence-electron chi connectivity index (χ0n) is 38.9. The van der Waals surface area contributed by atoms with E-state index in [1.807, 2.05) is 11.3 Å². The Morgan fingerprint density at radius 2 is 1.11 bits per heavy atom. The van der Waals surface area contributed by atoms with Crippen LogP contribution in [0.5, 0.6) is 0 Å². The summed E-state index contributed by atoms with van der Waals surface area (Å²) in [5.41, 5.74) is 14.0. The normalized spacial score (nSPS) is 16.9. The van der Waals surface area contributed by atoms with Gasteiger partial charge in [-0.15, -0.1) is 11.3 Å². The summed E-state index contributed by atoms with van der Waals surface area (Å²) in [5, 5.41) is 12.9. The van der Waals surface area contributed by atoms with Gasteiger partial charge in [-0.3, -0.25) is 4.99 Å². The largest absolute Gasteiger partial charge is 0.257 e. The minimum Gasteiger partial charge on any atom is -0.257 e. The highest BCUT2D eigenvalue weighted by Crippen LogP contribution is 2.50. The molecular formula is C67H48N2S. The van der Waals surface area contributed by atoms with Crippen molar-refractivity contribution in [2.45, 2.75) is 38.1 Å². The molecule has 1 aliphatic heterocycles. The third-order valence-corrected chi connectivity index (χ3v) is 16.7. The van der Waals surface area contributed by atoms with E-state index in [4.69, 9.17) is 9.98 Å². The van der Waals surface area contributed by atoms with Crippen LogP contribution in [-0.4, -0.2) is 11.5 Å². The lowest BCUT2D eigenvalue weighted by molar-refractivity contribution is 0.533. The molecule has 2 aliphatic rings. The second-order valence-electron chi connectivity index (χ2n) is 19.3. The van der Waals surface area contributed by atoms with Gasteiger partial charge in [-0.2, -0.15) is 0 Å². The second kappa shape index (κ2) is 16.6. The van der Waals surface area contributed by atoms with Crippen LogP contribution in [0, 0.1) is 5.92 Å². The van der Waals surface area contributed by atoms with Gasteiger partial charge >= 0.3 is 0 Å². The van der Waals surface area contributed by atoms with Gasteiger partial charge in [-0.25, -0.2) is 4.99 Å². The number of hydrogen-bond donors (Lipinski definition) is 0. The molecule has 0 spiro atoms. The summed E-state index contributed by atoms with van der Waals surface area (Å²) in [4.78, 5) is 11.4. The van der Waals surface area contributed by atoms with Crippen molar-refractivity contribution in [3.05, 3.63) is 252 Å². The first-order chi connectivity index (χ1) is 34.6. The van der Waals surface area contributed by atoms with E-state index in [-0.39, 0.29) is 17.9 Å². The number of thiophene rings is 1. The van der Waals surface area contributed by atoms with Crippen LogP contribution >= 0.6 is 11.3 Å². The van der Waals surface area contributed by atoms with E-state index >= 15 is 0 Å². The zero-order valence-corrected chi connectivity index (χ0v) is 39.8. The van der Waals surface area contributed by atoms with E-state index in [0.29, 0.717) is 0 Å². The number of rotatable bonds is 6. The summed E-state index contributed by atoms with van der Waals surface area (Å²) < 4.78 is 2.67. The Morgan fingerprint density at radius 3 is 1.93 bits per heavy atom. The molecule has 70 heavy (non-hydrogen) atoms. The molecule has 332 valence electrons. The standard InChI is InChI=1S/C67H48N2S/c1-2-51-64(50-32-33-53-48(39-50)29-26-43-16-8-10-20-52(43)53)68-67(45-27-24-42(25-28-45)41-14-4-3-5-15-41)69-65(51)59-37-36-57(66-63(59)58-22-12-13-23-61(58)70-66)55-34-31-49-38-46-18-6-7-19-47(46)40-60(49)62-54-21-11-9-17-44(54)30-35-56(55)62/h3-30,32-33,35-40,51,55,64H,2,31,34H2,1H3. The van der Waals surface area contributed by atoms with Gasteiger partial charge in [0.1, 0.15) is 0 Å². The number of aliphatic imine (C=N–C) groups is 2. The topological polar surface area (TPSA) is 24.7 Å². The fraction of sp³-hybridized carbons (Fsp3) is 0.104. The quantitative estimate of drug-likeness (QED) is 0.149. The van der Waals surface area contributed by atoms with Crippen LogP contribution in [0.15, 0.2) is 228 Å². The number of benzene rings is 11. The number of hydrogen-bond acceptors (Lipinski definition) is 3. The zero-order chi connectivity index (χ0) is 46.3. The van der Waals surface area contributed by atoms with Gasteiger partial charge in [0.05, 0.1) is 11.8 Å². The Balaban J connectivity index is 0.968. The third-order valence-electron chi connectivity index (χ3n) is 15.5. The highest BCUT2D eigenvalue weighted by molar-refractivity contribution is 7.26. The van der Waals surface area contributed by atoms with E-state index in [9.17, 15) is 0 Å².